The molecule has 0 spiro atoms. The van der Waals surface area contributed by atoms with Crippen molar-refractivity contribution in [1.29, 1.82) is 0 Å². The highest BCUT2D eigenvalue weighted by Gasteiger charge is 2.31. The third kappa shape index (κ3) is 4.85. The zero-order valence-corrected chi connectivity index (χ0v) is 16.8. The molecule has 7 heteroatoms. The van der Waals surface area contributed by atoms with Crippen molar-refractivity contribution in [3.63, 3.8) is 0 Å². The number of hydrogen-bond donors (Lipinski definition) is 2. The van der Waals surface area contributed by atoms with Crippen LogP contribution in [0.25, 0.3) is 0 Å². The Morgan fingerprint density at radius 1 is 1.17 bits per heavy atom. The van der Waals surface area contributed by atoms with E-state index < -0.39 is 6.10 Å². The first kappa shape index (κ1) is 20.6. The van der Waals surface area contributed by atoms with Crippen LogP contribution >= 0.6 is 0 Å². The predicted molar refractivity (Wildman–Crippen MR) is 109 cm³/mol. The van der Waals surface area contributed by atoms with Crippen LogP contribution in [0, 0.1) is 11.7 Å². The Bertz CT molecular complexity index is 870. The number of rotatable bonds is 6. The normalized spacial score (nSPS) is 16.6. The van der Waals surface area contributed by atoms with Gasteiger partial charge in [0.25, 0.3) is 5.91 Å². The molecular weight excluding hydrogens is 373 g/mol. The highest BCUT2D eigenvalue weighted by Crippen LogP contribution is 2.33. The van der Waals surface area contributed by atoms with Gasteiger partial charge in [0.05, 0.1) is 24.8 Å². The van der Waals surface area contributed by atoms with Gasteiger partial charge in [0.2, 0.25) is 5.91 Å². The molecule has 29 heavy (non-hydrogen) atoms. The fourth-order valence-corrected chi connectivity index (χ4v) is 3.45. The van der Waals surface area contributed by atoms with E-state index in [-0.39, 0.29) is 42.7 Å². The second-order valence-corrected chi connectivity index (χ2v) is 7.41. The summed E-state index contributed by atoms with van der Waals surface area (Å²) in [5.41, 5.74) is 1.62. The van der Waals surface area contributed by atoms with E-state index in [9.17, 15) is 14.0 Å². The molecule has 0 fully saturated rings. The number of carbonyl (C=O) groups excluding carboxylic acids is 2. The molecule has 2 amide bonds. The second-order valence-electron chi connectivity index (χ2n) is 7.41. The maximum Gasteiger partial charge on any atom is 0.262 e. The van der Waals surface area contributed by atoms with E-state index >= 15 is 0 Å². The smallest absolute Gasteiger partial charge is 0.262 e. The van der Waals surface area contributed by atoms with Crippen molar-refractivity contribution in [3.05, 3.63) is 59.9 Å². The minimum atomic E-state index is -0.694. The summed E-state index contributed by atoms with van der Waals surface area (Å²) >= 11 is 0. The Morgan fingerprint density at radius 3 is 2.52 bits per heavy atom. The molecule has 2 N–H and O–H groups in total. The summed E-state index contributed by atoms with van der Waals surface area (Å²) in [4.78, 5) is 26.8. The highest BCUT2D eigenvalue weighted by atomic mass is 19.1. The van der Waals surface area contributed by atoms with Crippen molar-refractivity contribution in [2.24, 2.45) is 5.92 Å². The third-order valence-corrected chi connectivity index (χ3v) is 4.95. The van der Waals surface area contributed by atoms with Crippen LogP contribution in [0.2, 0.25) is 0 Å². The first-order valence-electron chi connectivity index (χ1n) is 9.66. The zero-order valence-electron chi connectivity index (χ0n) is 16.8. The van der Waals surface area contributed by atoms with Gasteiger partial charge in [-0.15, -0.1) is 0 Å². The van der Waals surface area contributed by atoms with Crippen LogP contribution in [0.3, 0.4) is 0 Å². The molecule has 3 rings (SSSR count). The summed E-state index contributed by atoms with van der Waals surface area (Å²) in [5.74, 6) is -0.0384. The number of para-hydroxylation sites is 2. The van der Waals surface area contributed by atoms with Crippen molar-refractivity contribution in [1.82, 2.24) is 10.6 Å². The third-order valence-electron chi connectivity index (χ3n) is 4.95. The predicted octanol–water partition coefficient (Wildman–Crippen LogP) is 2.65. The van der Waals surface area contributed by atoms with Gasteiger partial charge in [-0.05, 0) is 35.7 Å². The lowest BCUT2D eigenvalue weighted by molar-refractivity contribution is -0.128. The summed E-state index contributed by atoms with van der Waals surface area (Å²) < 4.78 is 19.0. The molecule has 1 aliphatic rings. The molecular formula is C22H26FN3O3. The molecule has 0 bridgehead atoms. The van der Waals surface area contributed by atoms with Crippen LogP contribution < -0.4 is 20.3 Å². The molecule has 0 aromatic heterocycles. The number of nitrogens with one attached hydrogen (secondary N) is 2. The fourth-order valence-electron chi connectivity index (χ4n) is 3.45. The molecule has 2 atom stereocenters. The maximum absolute atomic E-state index is 13.3. The van der Waals surface area contributed by atoms with Gasteiger partial charge in [-0.25, -0.2) is 4.39 Å². The highest BCUT2D eigenvalue weighted by molar-refractivity contribution is 5.86. The maximum atomic E-state index is 13.3. The van der Waals surface area contributed by atoms with E-state index in [2.05, 4.69) is 10.6 Å². The van der Waals surface area contributed by atoms with Crippen molar-refractivity contribution >= 4 is 17.5 Å². The topological polar surface area (TPSA) is 70.7 Å². The molecule has 1 aliphatic heterocycles. The van der Waals surface area contributed by atoms with Gasteiger partial charge >= 0.3 is 0 Å². The van der Waals surface area contributed by atoms with Crippen LogP contribution in [0.5, 0.6) is 5.75 Å². The average Bonchev–Trinajstić information content (AvgIpc) is 2.72. The number of amides is 2. The van der Waals surface area contributed by atoms with E-state index in [1.807, 2.05) is 36.9 Å². The van der Waals surface area contributed by atoms with Crippen molar-refractivity contribution < 1.29 is 18.7 Å². The summed E-state index contributed by atoms with van der Waals surface area (Å²) in [7, 11) is 1.55. The molecule has 0 saturated carbocycles. The molecule has 2 unspecified atom stereocenters. The largest absolute Gasteiger partial charge is 0.477 e. The monoisotopic (exact) mass is 399 g/mol. The van der Waals surface area contributed by atoms with Gasteiger partial charge in [-0.1, -0.05) is 38.1 Å². The number of anilines is 1. The van der Waals surface area contributed by atoms with Crippen molar-refractivity contribution in [2.75, 3.05) is 25.0 Å². The number of hydrogen-bond acceptors (Lipinski definition) is 4. The lowest BCUT2D eigenvalue weighted by Crippen LogP contribution is -2.51. The Labute approximate surface area is 170 Å². The molecule has 154 valence electrons. The lowest BCUT2D eigenvalue weighted by Gasteiger charge is -2.35. The van der Waals surface area contributed by atoms with E-state index in [0.717, 1.165) is 11.3 Å². The second kappa shape index (κ2) is 8.94. The summed E-state index contributed by atoms with van der Waals surface area (Å²) in [6.45, 7) is 4.35. The van der Waals surface area contributed by atoms with E-state index in [4.69, 9.17) is 4.74 Å². The van der Waals surface area contributed by atoms with Crippen molar-refractivity contribution in [3.8, 4) is 5.75 Å². The number of carbonyl (C=O) groups is 2. The number of fused-ring (bicyclic) bond motifs is 1. The van der Waals surface area contributed by atoms with Gasteiger partial charge < -0.3 is 20.3 Å². The molecule has 1 heterocycles. The van der Waals surface area contributed by atoms with Gasteiger partial charge in [-0.3, -0.25) is 9.59 Å². The number of ether oxygens (including phenoxy) is 1. The van der Waals surface area contributed by atoms with Crippen LogP contribution in [-0.2, 0) is 9.59 Å². The molecule has 6 nitrogen and oxygen atoms in total. The fraction of sp³-hybridized carbons (Fsp3) is 0.364. The zero-order chi connectivity index (χ0) is 21.0. The minimum Gasteiger partial charge on any atom is -0.477 e. The van der Waals surface area contributed by atoms with E-state index in [1.54, 1.807) is 25.2 Å². The molecule has 2 aromatic carbocycles. The molecule has 0 radical (unpaired) electrons. The number of nitrogens with zero attached hydrogens (tertiary/aromatic N) is 1. The summed E-state index contributed by atoms with van der Waals surface area (Å²) in [5, 5.41) is 5.63. The Balaban J connectivity index is 1.76. The van der Waals surface area contributed by atoms with Crippen molar-refractivity contribution in [2.45, 2.75) is 26.0 Å². The number of benzene rings is 2. The average molecular weight is 399 g/mol. The Kier molecular flexibility index (Phi) is 6.36. The van der Waals surface area contributed by atoms with Gasteiger partial charge in [-0.2, -0.15) is 0 Å². The van der Waals surface area contributed by atoms with Crippen LogP contribution in [0.1, 0.15) is 25.5 Å². The summed E-state index contributed by atoms with van der Waals surface area (Å²) in [6.07, 6.45) is -0.694. The first-order valence-corrected chi connectivity index (χ1v) is 9.66. The minimum absolute atomic E-state index is 0.0816. The first-order chi connectivity index (χ1) is 13.9. The SMILES string of the molecule is CNC(=O)C1CN(CC(=O)NC(c2ccc(F)cc2)C(C)C)c2ccccc2O1. The van der Waals surface area contributed by atoms with E-state index in [0.29, 0.717) is 5.75 Å². The van der Waals surface area contributed by atoms with Crippen LogP contribution in [0.15, 0.2) is 48.5 Å². The van der Waals surface area contributed by atoms with Gasteiger partial charge in [0.15, 0.2) is 6.10 Å². The van der Waals surface area contributed by atoms with Gasteiger partial charge in [0, 0.05) is 7.05 Å². The van der Waals surface area contributed by atoms with Gasteiger partial charge in [0.1, 0.15) is 11.6 Å². The summed E-state index contributed by atoms with van der Waals surface area (Å²) in [6, 6.07) is 13.3. The number of halogens is 1. The number of likely N-dealkylation sites (N-methyl/N-ethyl adjacent to an activating group) is 1. The van der Waals surface area contributed by atoms with Crippen LogP contribution in [-0.4, -0.2) is 38.1 Å². The molecule has 2 aromatic rings. The quantitative estimate of drug-likeness (QED) is 0.784. The van der Waals surface area contributed by atoms with E-state index in [1.165, 1.54) is 12.1 Å². The standard InChI is InChI=1S/C22H26FN3O3/c1-14(2)21(15-8-10-16(23)11-9-15)25-20(27)13-26-12-19(22(28)24-3)29-18-7-5-4-6-17(18)26/h4-11,14,19,21H,12-13H2,1-3H3,(H,24,28)(H,25,27). The Morgan fingerprint density at radius 2 is 1.86 bits per heavy atom. The van der Waals surface area contributed by atoms with Crippen LogP contribution in [0.4, 0.5) is 10.1 Å². The lowest BCUT2D eigenvalue weighted by atomic mass is 9.96. The molecule has 0 saturated heterocycles. The molecule has 0 aliphatic carbocycles. The Hall–Kier alpha value is -3.09.